The molecule has 1 heterocycles. The van der Waals surface area contributed by atoms with Gasteiger partial charge < -0.3 is 9.64 Å². The molecular weight excluding hydrogens is 420 g/mol. The summed E-state index contributed by atoms with van der Waals surface area (Å²) in [5.41, 5.74) is 2.57. The van der Waals surface area contributed by atoms with Crippen LogP contribution in [0.2, 0.25) is 0 Å². The van der Waals surface area contributed by atoms with E-state index in [1.54, 1.807) is 24.3 Å². The number of nitrogens with zero attached hydrogens (tertiary/aromatic N) is 2. The maximum absolute atomic E-state index is 13.1. The zero-order valence-electron chi connectivity index (χ0n) is 15.9. The molecule has 1 aliphatic rings. The van der Waals surface area contributed by atoms with Crippen LogP contribution in [0.25, 0.3) is 0 Å². The first-order valence-corrected chi connectivity index (χ1v) is 10.6. The molecule has 3 rings (SSSR count). The molecule has 2 aromatic rings. The molecule has 162 valence electrons. The van der Waals surface area contributed by atoms with Crippen molar-refractivity contribution in [1.29, 1.82) is 0 Å². The van der Waals surface area contributed by atoms with Gasteiger partial charge in [0.1, 0.15) is 5.75 Å². The third-order valence-electron chi connectivity index (χ3n) is 4.73. The Morgan fingerprint density at radius 1 is 1.07 bits per heavy atom. The fourth-order valence-corrected chi connectivity index (χ4v) is 4.92. The van der Waals surface area contributed by atoms with Crippen LogP contribution in [-0.4, -0.2) is 56.6 Å². The standard InChI is InChI=1S/C19H21F2N3O5S/c20-19(21)29-16-7-5-15(6-8-16)23-9-11-24(12-10-23)30(27,28)17-4-2-1-3-14(17)13-18(25)22-26/h1-8,19,26H,9-13H2,(H,22,25). The average molecular weight is 441 g/mol. The number of carbonyl (C=O) groups is 1. The van der Waals surface area contributed by atoms with Crippen molar-refractivity contribution in [2.75, 3.05) is 31.1 Å². The molecule has 30 heavy (non-hydrogen) atoms. The Balaban J connectivity index is 1.69. The number of hydrogen-bond donors (Lipinski definition) is 2. The molecule has 8 nitrogen and oxygen atoms in total. The van der Waals surface area contributed by atoms with Crippen molar-refractivity contribution in [2.45, 2.75) is 17.9 Å². The number of sulfonamides is 1. The molecule has 0 unspecified atom stereocenters. The molecule has 0 bridgehead atoms. The number of ether oxygens (including phenoxy) is 1. The van der Waals surface area contributed by atoms with Gasteiger partial charge in [-0.2, -0.15) is 13.1 Å². The van der Waals surface area contributed by atoms with Crippen LogP contribution in [0.4, 0.5) is 14.5 Å². The van der Waals surface area contributed by atoms with Crippen LogP contribution in [0.5, 0.6) is 5.75 Å². The molecule has 2 N–H and O–H groups in total. The molecule has 2 aromatic carbocycles. The number of halogens is 2. The number of anilines is 1. The highest BCUT2D eigenvalue weighted by molar-refractivity contribution is 7.89. The predicted octanol–water partition coefficient (Wildman–Crippen LogP) is 1.85. The first-order chi connectivity index (χ1) is 14.3. The molecule has 1 saturated heterocycles. The zero-order valence-corrected chi connectivity index (χ0v) is 16.7. The lowest BCUT2D eigenvalue weighted by Gasteiger charge is -2.35. The summed E-state index contributed by atoms with van der Waals surface area (Å²) < 4.78 is 56.4. The molecule has 0 atom stereocenters. The lowest BCUT2D eigenvalue weighted by atomic mass is 10.1. The van der Waals surface area contributed by atoms with Gasteiger partial charge in [-0.1, -0.05) is 18.2 Å². The second-order valence-electron chi connectivity index (χ2n) is 6.58. The Morgan fingerprint density at radius 3 is 2.30 bits per heavy atom. The third-order valence-corrected chi connectivity index (χ3v) is 6.73. The van der Waals surface area contributed by atoms with E-state index in [0.29, 0.717) is 18.7 Å². The Bertz CT molecular complexity index is 978. The monoisotopic (exact) mass is 441 g/mol. The van der Waals surface area contributed by atoms with Crippen LogP contribution < -0.4 is 15.1 Å². The Morgan fingerprint density at radius 2 is 1.70 bits per heavy atom. The topological polar surface area (TPSA) is 99.2 Å². The number of amides is 1. The van der Waals surface area contributed by atoms with E-state index in [9.17, 15) is 22.0 Å². The van der Waals surface area contributed by atoms with Crippen molar-refractivity contribution in [3.63, 3.8) is 0 Å². The van der Waals surface area contributed by atoms with Crippen LogP contribution in [0.3, 0.4) is 0 Å². The van der Waals surface area contributed by atoms with Gasteiger partial charge in [-0.15, -0.1) is 0 Å². The first kappa shape index (κ1) is 21.9. The average Bonchev–Trinajstić information content (AvgIpc) is 2.74. The molecule has 1 aliphatic heterocycles. The second-order valence-corrected chi connectivity index (χ2v) is 8.49. The van der Waals surface area contributed by atoms with Crippen LogP contribution >= 0.6 is 0 Å². The maximum atomic E-state index is 13.1. The second kappa shape index (κ2) is 9.37. The fraction of sp³-hybridized carbons (Fsp3) is 0.316. The molecule has 0 saturated carbocycles. The summed E-state index contributed by atoms with van der Waals surface area (Å²) in [5.74, 6) is -0.653. The molecular formula is C19H21F2N3O5S. The smallest absolute Gasteiger partial charge is 0.387 e. The summed E-state index contributed by atoms with van der Waals surface area (Å²) in [6, 6.07) is 12.3. The summed E-state index contributed by atoms with van der Waals surface area (Å²) >= 11 is 0. The predicted molar refractivity (Wildman–Crippen MR) is 104 cm³/mol. The first-order valence-electron chi connectivity index (χ1n) is 9.12. The Labute approximate surface area is 172 Å². The molecule has 0 aliphatic carbocycles. The number of alkyl halides is 2. The van der Waals surface area contributed by atoms with Gasteiger partial charge in [-0.05, 0) is 35.9 Å². The van der Waals surface area contributed by atoms with Gasteiger partial charge in [0.2, 0.25) is 15.9 Å². The summed E-state index contributed by atoms with van der Waals surface area (Å²) in [4.78, 5) is 13.5. The molecule has 1 amide bonds. The van der Waals surface area contributed by atoms with Gasteiger partial charge >= 0.3 is 6.61 Å². The minimum atomic E-state index is -3.83. The van der Waals surface area contributed by atoms with E-state index in [1.807, 2.05) is 4.90 Å². The molecule has 0 spiro atoms. The van der Waals surface area contributed by atoms with E-state index in [4.69, 9.17) is 5.21 Å². The number of nitrogens with one attached hydrogen (secondary N) is 1. The van der Waals surface area contributed by atoms with Crippen molar-refractivity contribution in [1.82, 2.24) is 9.79 Å². The lowest BCUT2D eigenvalue weighted by molar-refractivity contribution is -0.128. The highest BCUT2D eigenvalue weighted by atomic mass is 32.2. The fourth-order valence-electron chi connectivity index (χ4n) is 3.28. The lowest BCUT2D eigenvalue weighted by Crippen LogP contribution is -2.48. The number of piperazine rings is 1. The van der Waals surface area contributed by atoms with E-state index in [-0.39, 0.29) is 30.2 Å². The summed E-state index contributed by atoms with van der Waals surface area (Å²) in [5, 5.41) is 8.73. The number of hydroxylamine groups is 1. The minimum Gasteiger partial charge on any atom is -0.435 e. The van der Waals surface area contributed by atoms with Crippen molar-refractivity contribution in [3.8, 4) is 5.75 Å². The summed E-state index contributed by atoms with van der Waals surface area (Å²) in [6.45, 7) is -1.63. The normalized spacial score (nSPS) is 15.3. The maximum Gasteiger partial charge on any atom is 0.387 e. The summed E-state index contributed by atoms with van der Waals surface area (Å²) in [7, 11) is -3.83. The minimum absolute atomic E-state index is 0.0237. The van der Waals surface area contributed by atoms with Crippen LogP contribution in [0, 0.1) is 0 Å². The van der Waals surface area contributed by atoms with E-state index < -0.39 is 22.5 Å². The largest absolute Gasteiger partial charge is 0.435 e. The van der Waals surface area contributed by atoms with Gasteiger partial charge in [0.25, 0.3) is 0 Å². The highest BCUT2D eigenvalue weighted by Gasteiger charge is 2.30. The molecule has 1 fully saturated rings. The van der Waals surface area contributed by atoms with Crippen molar-refractivity contribution in [3.05, 3.63) is 54.1 Å². The van der Waals surface area contributed by atoms with Gasteiger partial charge in [0, 0.05) is 31.9 Å². The van der Waals surface area contributed by atoms with E-state index in [2.05, 4.69) is 4.74 Å². The quantitative estimate of drug-likeness (QED) is 0.503. The van der Waals surface area contributed by atoms with Crippen LogP contribution in [0.1, 0.15) is 5.56 Å². The van der Waals surface area contributed by atoms with Crippen LogP contribution in [0.15, 0.2) is 53.4 Å². The molecule has 11 heteroatoms. The number of carbonyl (C=O) groups excluding carboxylic acids is 1. The van der Waals surface area contributed by atoms with Crippen molar-refractivity contribution < 1.29 is 31.9 Å². The number of hydrogen-bond acceptors (Lipinski definition) is 6. The SMILES string of the molecule is O=C(Cc1ccccc1S(=O)(=O)N1CCN(c2ccc(OC(F)F)cc2)CC1)NO. The van der Waals surface area contributed by atoms with Gasteiger partial charge in [-0.3, -0.25) is 10.0 Å². The summed E-state index contributed by atoms with van der Waals surface area (Å²) in [6.07, 6.45) is -0.265. The Kier molecular flexibility index (Phi) is 6.85. The molecule has 0 radical (unpaired) electrons. The van der Waals surface area contributed by atoms with Gasteiger partial charge in [-0.25, -0.2) is 13.9 Å². The van der Waals surface area contributed by atoms with Gasteiger partial charge in [0.05, 0.1) is 11.3 Å². The number of rotatable bonds is 7. The zero-order chi connectivity index (χ0) is 21.7. The Hall–Kier alpha value is -2.76. The van der Waals surface area contributed by atoms with Crippen molar-refractivity contribution in [2.24, 2.45) is 0 Å². The van der Waals surface area contributed by atoms with E-state index >= 15 is 0 Å². The van der Waals surface area contributed by atoms with E-state index in [1.165, 1.54) is 34.1 Å². The van der Waals surface area contributed by atoms with Crippen LogP contribution in [-0.2, 0) is 21.2 Å². The van der Waals surface area contributed by atoms with E-state index in [0.717, 1.165) is 5.69 Å². The number of benzene rings is 2. The van der Waals surface area contributed by atoms with Crippen molar-refractivity contribution >= 4 is 21.6 Å². The highest BCUT2D eigenvalue weighted by Crippen LogP contribution is 2.25. The third kappa shape index (κ3) is 5.04. The molecule has 0 aromatic heterocycles. The van der Waals surface area contributed by atoms with Gasteiger partial charge in [0.15, 0.2) is 0 Å².